The first-order chi connectivity index (χ1) is 5.80. The van der Waals surface area contributed by atoms with E-state index in [1.165, 1.54) is 0 Å². The fraction of sp³-hybridized carbons (Fsp3) is 0.875. The molecule has 3 aliphatic rings. The molecule has 0 unspecified atom stereocenters. The van der Waals surface area contributed by atoms with Gasteiger partial charge in [-0.3, -0.25) is 4.79 Å². The lowest BCUT2D eigenvalue weighted by Crippen LogP contribution is -2.63. The van der Waals surface area contributed by atoms with Gasteiger partial charge in [0.15, 0.2) is 0 Å². The quantitative estimate of drug-likeness (QED) is 0.502. The lowest BCUT2D eigenvalue weighted by molar-refractivity contribution is -0.143. The number of fused-ring (bicyclic) bond motifs is 1. The second kappa shape index (κ2) is 2.00. The summed E-state index contributed by atoms with van der Waals surface area (Å²) < 4.78 is 5.53. The minimum Gasteiger partial charge on any atom is -0.374 e. The van der Waals surface area contributed by atoms with Crippen LogP contribution in [0.2, 0.25) is 0 Å². The van der Waals surface area contributed by atoms with E-state index in [9.17, 15) is 4.79 Å². The van der Waals surface area contributed by atoms with Crippen molar-refractivity contribution in [2.75, 3.05) is 26.2 Å². The van der Waals surface area contributed by atoms with Gasteiger partial charge in [0, 0.05) is 19.5 Å². The van der Waals surface area contributed by atoms with E-state index in [4.69, 9.17) is 4.74 Å². The molecule has 4 nitrogen and oxygen atoms in total. The van der Waals surface area contributed by atoms with E-state index >= 15 is 0 Å². The van der Waals surface area contributed by atoms with Crippen LogP contribution < -0.4 is 5.32 Å². The third-order valence-corrected chi connectivity index (χ3v) is 3.19. The average molecular weight is 168 g/mol. The van der Waals surface area contributed by atoms with Crippen LogP contribution in [0, 0.1) is 0 Å². The Morgan fingerprint density at radius 3 is 3.33 bits per heavy atom. The Morgan fingerprint density at radius 1 is 1.67 bits per heavy atom. The highest BCUT2D eigenvalue weighted by Crippen LogP contribution is 2.38. The number of nitrogens with one attached hydrogen (secondary N) is 1. The maximum atomic E-state index is 11.5. The molecule has 0 radical (unpaired) electrons. The number of carbonyl (C=O) groups excluding carboxylic acids is 1. The van der Waals surface area contributed by atoms with Crippen LogP contribution in [0.25, 0.3) is 0 Å². The van der Waals surface area contributed by atoms with E-state index in [0.29, 0.717) is 12.6 Å². The largest absolute Gasteiger partial charge is 0.374 e. The minimum atomic E-state index is 0.0278. The van der Waals surface area contributed by atoms with Crippen LogP contribution in [0.1, 0.15) is 6.42 Å². The van der Waals surface area contributed by atoms with Crippen molar-refractivity contribution in [3.8, 4) is 0 Å². The van der Waals surface area contributed by atoms with Crippen molar-refractivity contribution in [3.63, 3.8) is 0 Å². The van der Waals surface area contributed by atoms with Crippen molar-refractivity contribution < 1.29 is 9.53 Å². The van der Waals surface area contributed by atoms with E-state index in [1.807, 2.05) is 4.90 Å². The van der Waals surface area contributed by atoms with Gasteiger partial charge in [0.25, 0.3) is 0 Å². The molecule has 0 aromatic carbocycles. The number of piperazine rings is 1. The van der Waals surface area contributed by atoms with Crippen molar-refractivity contribution in [2.24, 2.45) is 0 Å². The smallest absolute Gasteiger partial charge is 0.237 e. The Kier molecular flexibility index (Phi) is 1.14. The van der Waals surface area contributed by atoms with Crippen LogP contribution >= 0.6 is 0 Å². The first kappa shape index (κ1) is 6.86. The standard InChI is InChI=1S/C8H12N2O2/c11-7-2-9-4-8-1-6(12-5-8)3-10(7)8/h6,9H,1-5H2/t6-,8+/m0/s1. The number of hydrogen-bond acceptors (Lipinski definition) is 3. The van der Waals surface area contributed by atoms with Crippen LogP contribution in [0.4, 0.5) is 0 Å². The summed E-state index contributed by atoms with van der Waals surface area (Å²) >= 11 is 0. The molecule has 2 atom stereocenters. The number of nitrogens with zero attached hydrogens (tertiary/aromatic N) is 1. The molecule has 3 heterocycles. The summed E-state index contributed by atoms with van der Waals surface area (Å²) in [5.41, 5.74) is 0.0278. The maximum absolute atomic E-state index is 11.5. The van der Waals surface area contributed by atoms with Crippen molar-refractivity contribution in [2.45, 2.75) is 18.1 Å². The molecule has 1 amide bonds. The Bertz CT molecular complexity index is 243. The Hall–Kier alpha value is -0.610. The maximum Gasteiger partial charge on any atom is 0.237 e. The van der Waals surface area contributed by atoms with E-state index in [0.717, 1.165) is 26.1 Å². The van der Waals surface area contributed by atoms with Crippen LogP contribution in [0.5, 0.6) is 0 Å². The number of amides is 1. The van der Waals surface area contributed by atoms with Gasteiger partial charge in [-0.05, 0) is 0 Å². The number of hydrogen-bond donors (Lipinski definition) is 1. The zero-order chi connectivity index (χ0) is 8.18. The SMILES string of the molecule is O=C1CNC[C@]23CO[C@H](CN12)C3. The zero-order valence-electron chi connectivity index (χ0n) is 6.88. The highest BCUT2D eigenvalue weighted by molar-refractivity contribution is 5.80. The van der Waals surface area contributed by atoms with Crippen LogP contribution in [0.15, 0.2) is 0 Å². The molecule has 0 aliphatic carbocycles. The number of ether oxygens (including phenoxy) is 1. The molecule has 3 aliphatic heterocycles. The zero-order valence-corrected chi connectivity index (χ0v) is 6.88. The molecule has 3 saturated heterocycles. The third-order valence-electron chi connectivity index (χ3n) is 3.19. The molecular formula is C8H12N2O2. The van der Waals surface area contributed by atoms with Gasteiger partial charge in [-0.1, -0.05) is 0 Å². The highest BCUT2D eigenvalue weighted by atomic mass is 16.5. The second-order valence-electron chi connectivity index (χ2n) is 3.97. The molecule has 0 saturated carbocycles. The summed E-state index contributed by atoms with van der Waals surface area (Å²) in [5.74, 6) is 0.243. The van der Waals surface area contributed by atoms with Crippen LogP contribution in [0.3, 0.4) is 0 Å². The summed E-state index contributed by atoms with van der Waals surface area (Å²) in [6, 6.07) is 0. The molecular weight excluding hydrogens is 156 g/mol. The van der Waals surface area contributed by atoms with E-state index in [2.05, 4.69) is 5.32 Å². The summed E-state index contributed by atoms with van der Waals surface area (Å²) in [6.45, 7) is 2.97. The topological polar surface area (TPSA) is 41.6 Å². The summed E-state index contributed by atoms with van der Waals surface area (Å²) in [5, 5.41) is 3.15. The molecule has 1 N–H and O–H groups in total. The van der Waals surface area contributed by atoms with Crippen molar-refractivity contribution in [1.82, 2.24) is 10.2 Å². The molecule has 12 heavy (non-hydrogen) atoms. The van der Waals surface area contributed by atoms with Crippen molar-refractivity contribution >= 4 is 5.91 Å². The van der Waals surface area contributed by atoms with Gasteiger partial charge in [-0.25, -0.2) is 0 Å². The lowest BCUT2D eigenvalue weighted by Gasteiger charge is -2.41. The Balaban J connectivity index is 1.97. The Labute approximate surface area is 70.9 Å². The first-order valence-corrected chi connectivity index (χ1v) is 4.43. The fourth-order valence-electron chi connectivity index (χ4n) is 2.60. The van der Waals surface area contributed by atoms with Crippen LogP contribution in [-0.2, 0) is 9.53 Å². The highest BCUT2D eigenvalue weighted by Gasteiger charge is 2.54. The predicted molar refractivity (Wildman–Crippen MR) is 41.7 cm³/mol. The molecule has 1 spiro atoms. The summed E-state index contributed by atoms with van der Waals surface area (Å²) in [6.07, 6.45) is 1.35. The summed E-state index contributed by atoms with van der Waals surface area (Å²) in [4.78, 5) is 13.5. The monoisotopic (exact) mass is 168 g/mol. The molecule has 3 fully saturated rings. The number of carbonyl (C=O) groups is 1. The van der Waals surface area contributed by atoms with E-state index < -0.39 is 0 Å². The van der Waals surface area contributed by atoms with Crippen molar-refractivity contribution in [3.05, 3.63) is 0 Å². The fourth-order valence-corrected chi connectivity index (χ4v) is 2.60. The van der Waals surface area contributed by atoms with Crippen molar-refractivity contribution in [1.29, 1.82) is 0 Å². The van der Waals surface area contributed by atoms with Gasteiger partial charge >= 0.3 is 0 Å². The third kappa shape index (κ3) is 0.671. The second-order valence-corrected chi connectivity index (χ2v) is 3.97. The minimum absolute atomic E-state index is 0.0278. The van der Waals surface area contributed by atoms with Gasteiger partial charge in [0.2, 0.25) is 5.91 Å². The predicted octanol–water partition coefficient (Wildman–Crippen LogP) is -1.04. The Morgan fingerprint density at radius 2 is 2.58 bits per heavy atom. The molecule has 66 valence electrons. The van der Waals surface area contributed by atoms with Gasteiger partial charge in [0.1, 0.15) is 0 Å². The number of rotatable bonds is 0. The van der Waals surface area contributed by atoms with Crippen LogP contribution in [-0.4, -0.2) is 48.7 Å². The van der Waals surface area contributed by atoms with Gasteiger partial charge in [-0.15, -0.1) is 0 Å². The van der Waals surface area contributed by atoms with E-state index in [1.54, 1.807) is 0 Å². The molecule has 4 heteroatoms. The molecule has 2 bridgehead atoms. The van der Waals surface area contributed by atoms with Gasteiger partial charge in [0.05, 0.1) is 24.8 Å². The first-order valence-electron chi connectivity index (χ1n) is 4.43. The molecule has 0 aromatic rings. The number of morpholine rings is 1. The van der Waals surface area contributed by atoms with E-state index in [-0.39, 0.29) is 11.4 Å². The lowest BCUT2D eigenvalue weighted by atomic mass is 9.97. The molecule has 3 rings (SSSR count). The average Bonchev–Trinajstić information content (AvgIpc) is 2.60. The summed E-state index contributed by atoms with van der Waals surface area (Å²) in [7, 11) is 0. The van der Waals surface area contributed by atoms with Gasteiger partial charge < -0.3 is 15.0 Å². The van der Waals surface area contributed by atoms with Gasteiger partial charge in [-0.2, -0.15) is 0 Å². The molecule has 0 aromatic heterocycles. The normalized spacial score (nSPS) is 45.2.